The minimum atomic E-state index is -1.12. The summed E-state index contributed by atoms with van der Waals surface area (Å²) >= 11 is 5.16. The van der Waals surface area contributed by atoms with Crippen molar-refractivity contribution in [1.29, 1.82) is 0 Å². The van der Waals surface area contributed by atoms with E-state index in [2.05, 4.69) is 24.1 Å². The van der Waals surface area contributed by atoms with Gasteiger partial charge in [-0.15, -0.1) is 0 Å². The van der Waals surface area contributed by atoms with Gasteiger partial charge in [0.2, 0.25) is 0 Å². The number of rotatable bonds is 6. The summed E-state index contributed by atoms with van der Waals surface area (Å²) in [7, 11) is 0. The Hall–Kier alpha value is -3.52. The first-order valence-electron chi connectivity index (χ1n) is 9.45. The molecule has 2 N–H and O–H groups in total. The monoisotopic (exact) mass is 423 g/mol. The molecular weight excluding hydrogens is 402 g/mol. The molecule has 0 saturated carbocycles. The molecule has 7 nitrogen and oxygen atoms in total. The molecular formula is C22H21N3O4S. The average Bonchev–Trinajstić information content (AvgIpc) is 2.73. The van der Waals surface area contributed by atoms with Gasteiger partial charge in [-0.3, -0.25) is 19.8 Å². The number of nitrogens with one attached hydrogen (secondary N) is 1. The molecule has 30 heavy (non-hydrogen) atoms. The third-order valence-corrected chi connectivity index (χ3v) is 5.07. The van der Waals surface area contributed by atoms with Gasteiger partial charge in [0.05, 0.1) is 11.3 Å². The molecule has 1 fully saturated rings. The summed E-state index contributed by atoms with van der Waals surface area (Å²) in [5.74, 6) is -2.33. The predicted molar refractivity (Wildman–Crippen MR) is 120 cm³/mol. The zero-order valence-electron chi connectivity index (χ0n) is 16.6. The van der Waals surface area contributed by atoms with Gasteiger partial charge in [0.1, 0.15) is 5.57 Å². The largest absolute Gasteiger partial charge is 0.478 e. The van der Waals surface area contributed by atoms with Crippen LogP contribution < -0.4 is 15.1 Å². The van der Waals surface area contributed by atoms with Crippen molar-refractivity contribution in [1.82, 2.24) is 5.32 Å². The Labute approximate surface area is 179 Å². The van der Waals surface area contributed by atoms with Crippen LogP contribution in [0.2, 0.25) is 0 Å². The second-order valence-corrected chi connectivity index (χ2v) is 6.96. The van der Waals surface area contributed by atoms with E-state index in [4.69, 9.17) is 12.2 Å². The Morgan fingerprint density at radius 1 is 1.13 bits per heavy atom. The molecule has 0 spiro atoms. The van der Waals surface area contributed by atoms with Crippen molar-refractivity contribution in [3.05, 3.63) is 65.2 Å². The number of hydrogen-bond acceptors (Lipinski definition) is 5. The summed E-state index contributed by atoms with van der Waals surface area (Å²) < 4.78 is 0. The molecule has 8 heteroatoms. The van der Waals surface area contributed by atoms with Crippen LogP contribution in [-0.2, 0) is 9.59 Å². The zero-order chi connectivity index (χ0) is 21.8. The molecule has 0 radical (unpaired) electrons. The summed E-state index contributed by atoms with van der Waals surface area (Å²) in [6.45, 7) is 5.89. The second kappa shape index (κ2) is 8.87. The lowest BCUT2D eigenvalue weighted by atomic mass is 10.1. The lowest BCUT2D eigenvalue weighted by molar-refractivity contribution is -0.122. The summed E-state index contributed by atoms with van der Waals surface area (Å²) in [6.07, 6.45) is 1.50. The Morgan fingerprint density at radius 3 is 2.40 bits per heavy atom. The van der Waals surface area contributed by atoms with Crippen molar-refractivity contribution >= 4 is 52.6 Å². The number of hydrogen-bond donors (Lipinski definition) is 2. The van der Waals surface area contributed by atoms with Crippen molar-refractivity contribution in [2.45, 2.75) is 13.8 Å². The van der Waals surface area contributed by atoms with Gasteiger partial charge in [-0.1, -0.05) is 18.2 Å². The standard InChI is InChI=1S/C22H21N3O4S/c1-3-24(4-2)16-10-8-14(9-11-16)12-18-19(26)23-22(30)25(20(18)27)17-7-5-6-15(13-17)21(28)29/h5-13H,3-4H2,1-2H3,(H,28,29)(H,23,26,30). The number of benzene rings is 2. The van der Waals surface area contributed by atoms with Gasteiger partial charge in [0, 0.05) is 18.8 Å². The summed E-state index contributed by atoms with van der Waals surface area (Å²) in [5, 5.41) is 11.6. The van der Waals surface area contributed by atoms with Crippen LogP contribution in [-0.4, -0.2) is 41.1 Å². The van der Waals surface area contributed by atoms with Gasteiger partial charge >= 0.3 is 5.97 Å². The molecule has 0 bridgehead atoms. The van der Waals surface area contributed by atoms with E-state index in [1.54, 1.807) is 6.07 Å². The van der Waals surface area contributed by atoms with E-state index in [0.717, 1.165) is 23.7 Å². The van der Waals surface area contributed by atoms with Crippen LogP contribution in [0.15, 0.2) is 54.1 Å². The normalized spacial score (nSPS) is 15.3. The summed E-state index contributed by atoms with van der Waals surface area (Å²) in [5.41, 5.74) is 1.94. The SMILES string of the molecule is CCN(CC)c1ccc(C=C2C(=O)NC(=S)N(c3cccc(C(=O)O)c3)C2=O)cc1. The van der Waals surface area contributed by atoms with Crippen molar-refractivity contribution in [2.24, 2.45) is 0 Å². The third-order valence-electron chi connectivity index (χ3n) is 4.79. The maximum absolute atomic E-state index is 13.1. The van der Waals surface area contributed by atoms with Crippen molar-refractivity contribution in [2.75, 3.05) is 22.9 Å². The number of anilines is 2. The number of carbonyl (C=O) groups excluding carboxylic acids is 2. The van der Waals surface area contributed by atoms with E-state index in [0.29, 0.717) is 5.56 Å². The van der Waals surface area contributed by atoms with Crippen LogP contribution >= 0.6 is 12.2 Å². The molecule has 1 aliphatic rings. The van der Waals surface area contributed by atoms with Crippen LogP contribution in [0.1, 0.15) is 29.8 Å². The molecule has 0 unspecified atom stereocenters. The third kappa shape index (κ3) is 4.23. The molecule has 1 heterocycles. The Morgan fingerprint density at radius 2 is 1.80 bits per heavy atom. The molecule has 0 aliphatic carbocycles. The van der Waals surface area contributed by atoms with E-state index in [-0.39, 0.29) is 21.9 Å². The molecule has 3 rings (SSSR count). The Bertz CT molecular complexity index is 1040. The van der Waals surface area contributed by atoms with Crippen molar-refractivity contribution in [3.63, 3.8) is 0 Å². The minimum Gasteiger partial charge on any atom is -0.478 e. The van der Waals surface area contributed by atoms with Gasteiger partial charge in [0.15, 0.2) is 5.11 Å². The van der Waals surface area contributed by atoms with Crippen molar-refractivity contribution in [3.8, 4) is 0 Å². The lowest BCUT2D eigenvalue weighted by Gasteiger charge is -2.29. The van der Waals surface area contributed by atoms with E-state index in [1.807, 2.05) is 24.3 Å². The van der Waals surface area contributed by atoms with E-state index in [9.17, 15) is 19.5 Å². The number of aromatic carboxylic acids is 1. The van der Waals surface area contributed by atoms with Crippen LogP contribution in [0, 0.1) is 0 Å². The van der Waals surface area contributed by atoms with Crippen LogP contribution in [0.4, 0.5) is 11.4 Å². The lowest BCUT2D eigenvalue weighted by Crippen LogP contribution is -2.54. The number of carbonyl (C=O) groups is 3. The van der Waals surface area contributed by atoms with Gasteiger partial charge in [-0.05, 0) is 68.0 Å². The van der Waals surface area contributed by atoms with E-state index >= 15 is 0 Å². The maximum atomic E-state index is 13.1. The fraction of sp³-hybridized carbons (Fsp3) is 0.182. The highest BCUT2D eigenvalue weighted by molar-refractivity contribution is 7.80. The highest BCUT2D eigenvalue weighted by Crippen LogP contribution is 2.24. The second-order valence-electron chi connectivity index (χ2n) is 6.58. The highest BCUT2D eigenvalue weighted by Gasteiger charge is 2.34. The molecule has 0 atom stereocenters. The number of amides is 2. The Kier molecular flexibility index (Phi) is 6.27. The molecule has 2 aromatic carbocycles. The summed E-state index contributed by atoms with van der Waals surface area (Å²) in [4.78, 5) is 40.0. The van der Waals surface area contributed by atoms with Crippen LogP contribution in [0.3, 0.4) is 0 Å². The van der Waals surface area contributed by atoms with E-state index < -0.39 is 17.8 Å². The molecule has 0 aromatic heterocycles. The first-order valence-corrected chi connectivity index (χ1v) is 9.86. The van der Waals surface area contributed by atoms with Crippen molar-refractivity contribution < 1.29 is 19.5 Å². The summed E-state index contributed by atoms with van der Waals surface area (Å²) in [6, 6.07) is 13.4. The zero-order valence-corrected chi connectivity index (χ0v) is 17.4. The smallest absolute Gasteiger partial charge is 0.335 e. The quantitative estimate of drug-likeness (QED) is 0.422. The number of thiocarbonyl (C=S) groups is 1. The topological polar surface area (TPSA) is 90.0 Å². The number of carboxylic acids is 1. The van der Waals surface area contributed by atoms with Crippen LogP contribution in [0.25, 0.3) is 6.08 Å². The van der Waals surface area contributed by atoms with Gasteiger partial charge < -0.3 is 10.0 Å². The Balaban J connectivity index is 1.94. The average molecular weight is 423 g/mol. The van der Waals surface area contributed by atoms with Gasteiger partial charge in [-0.2, -0.15) is 0 Å². The van der Waals surface area contributed by atoms with Gasteiger partial charge in [0.25, 0.3) is 11.8 Å². The molecule has 2 aromatic rings. The van der Waals surface area contributed by atoms with Crippen LogP contribution in [0.5, 0.6) is 0 Å². The molecule has 2 amide bonds. The fourth-order valence-electron chi connectivity index (χ4n) is 3.21. The maximum Gasteiger partial charge on any atom is 0.335 e. The van der Waals surface area contributed by atoms with E-state index in [1.165, 1.54) is 24.3 Å². The fourth-order valence-corrected chi connectivity index (χ4v) is 3.49. The highest BCUT2D eigenvalue weighted by atomic mass is 32.1. The molecule has 154 valence electrons. The first kappa shape index (κ1) is 21.2. The first-order chi connectivity index (χ1) is 14.3. The predicted octanol–water partition coefficient (Wildman–Crippen LogP) is 3.06. The van der Waals surface area contributed by atoms with Gasteiger partial charge in [-0.25, -0.2) is 4.79 Å². The molecule has 1 aliphatic heterocycles. The molecule has 1 saturated heterocycles. The minimum absolute atomic E-state index is 0.0116. The number of carboxylic acid groups (broad SMARTS) is 1. The number of nitrogens with zero attached hydrogens (tertiary/aromatic N) is 2.